The Morgan fingerprint density at radius 2 is 0.811 bits per heavy atom. The average Bonchev–Trinajstić information content (AvgIpc) is 3.36. The van der Waals surface area contributed by atoms with E-state index in [1.165, 1.54) is 212 Å². The largest absolute Gasteiger partial charge is 0.472 e. The first kappa shape index (κ1) is 72.5. The number of rotatable bonds is 59. The Labute approximate surface area is 460 Å². The van der Waals surface area contributed by atoms with Crippen LogP contribution in [0.25, 0.3) is 0 Å². The van der Waals surface area contributed by atoms with E-state index in [9.17, 15) is 19.4 Å². The minimum atomic E-state index is -4.33. The quantitative estimate of drug-likeness (QED) is 0.0243. The normalized spacial score (nSPS) is 14.1. The van der Waals surface area contributed by atoms with Crippen molar-refractivity contribution in [1.82, 2.24) is 5.32 Å². The molecule has 1 amide bonds. The number of unbranched alkanes of at least 4 members (excludes halogenated alkanes) is 38. The zero-order valence-electron chi connectivity index (χ0n) is 49.8. The molecular formula is C65H126N2O6P+. The molecule has 0 aliphatic rings. The second-order valence-electron chi connectivity index (χ2n) is 23.1. The van der Waals surface area contributed by atoms with Crippen molar-refractivity contribution in [2.24, 2.45) is 0 Å². The average molecular weight is 1060 g/mol. The molecule has 3 atom stereocenters. The van der Waals surface area contributed by atoms with E-state index in [1.54, 1.807) is 0 Å². The number of nitrogens with one attached hydrogen (secondary N) is 1. The third kappa shape index (κ3) is 58.1. The number of nitrogens with zero attached hydrogens (tertiary/aromatic N) is 1. The molecule has 0 saturated carbocycles. The number of hydrogen-bond acceptors (Lipinski definition) is 5. The monoisotopic (exact) mass is 1060 g/mol. The lowest BCUT2D eigenvalue weighted by molar-refractivity contribution is -0.870. The summed E-state index contributed by atoms with van der Waals surface area (Å²) < 4.78 is 23.8. The Balaban J connectivity index is 4.06. The minimum Gasteiger partial charge on any atom is -0.391 e. The van der Waals surface area contributed by atoms with Gasteiger partial charge in [-0.2, -0.15) is 0 Å². The first-order chi connectivity index (χ1) is 36.0. The van der Waals surface area contributed by atoms with Crippen LogP contribution in [0.15, 0.2) is 48.6 Å². The zero-order chi connectivity index (χ0) is 54.2. The minimum absolute atomic E-state index is 0.0720. The molecule has 0 aromatic carbocycles. The Morgan fingerprint density at radius 3 is 1.19 bits per heavy atom. The molecule has 0 saturated heterocycles. The summed E-state index contributed by atoms with van der Waals surface area (Å²) in [7, 11) is 1.61. The topological polar surface area (TPSA) is 105 Å². The molecule has 0 spiro atoms. The van der Waals surface area contributed by atoms with Crippen LogP contribution in [-0.4, -0.2) is 73.4 Å². The van der Waals surface area contributed by atoms with E-state index in [0.29, 0.717) is 23.9 Å². The second-order valence-corrected chi connectivity index (χ2v) is 24.6. The molecule has 9 heteroatoms. The van der Waals surface area contributed by atoms with Gasteiger partial charge < -0.3 is 19.8 Å². The maximum Gasteiger partial charge on any atom is 0.472 e. The lowest BCUT2D eigenvalue weighted by Gasteiger charge is -2.26. The van der Waals surface area contributed by atoms with Crippen LogP contribution in [0.3, 0.4) is 0 Å². The van der Waals surface area contributed by atoms with Gasteiger partial charge in [-0.15, -0.1) is 0 Å². The molecule has 8 nitrogen and oxygen atoms in total. The summed E-state index contributed by atoms with van der Waals surface area (Å²) in [5.41, 5.74) is 0. The Morgan fingerprint density at radius 1 is 0.473 bits per heavy atom. The summed E-state index contributed by atoms with van der Waals surface area (Å²) in [5.74, 6) is -0.150. The van der Waals surface area contributed by atoms with Crippen molar-refractivity contribution in [2.75, 3.05) is 40.9 Å². The molecule has 0 heterocycles. The summed E-state index contributed by atoms with van der Waals surface area (Å²) in [6, 6.07) is -0.768. The van der Waals surface area contributed by atoms with Gasteiger partial charge in [0, 0.05) is 6.42 Å². The molecule has 0 fully saturated rings. The van der Waals surface area contributed by atoms with Crippen LogP contribution in [0.5, 0.6) is 0 Å². The maximum atomic E-state index is 13.0. The summed E-state index contributed by atoms with van der Waals surface area (Å²) in [6.45, 7) is 4.81. The summed E-state index contributed by atoms with van der Waals surface area (Å²) in [5, 5.41) is 14.1. The van der Waals surface area contributed by atoms with Crippen molar-refractivity contribution in [3.8, 4) is 0 Å². The number of aliphatic hydroxyl groups is 1. The molecule has 3 N–H and O–H groups in total. The van der Waals surface area contributed by atoms with Crippen LogP contribution in [0.4, 0.5) is 0 Å². The molecule has 3 unspecified atom stereocenters. The lowest BCUT2D eigenvalue weighted by Crippen LogP contribution is -2.46. The lowest BCUT2D eigenvalue weighted by atomic mass is 10.0. The predicted octanol–water partition coefficient (Wildman–Crippen LogP) is 19.9. The molecule has 0 aromatic rings. The van der Waals surface area contributed by atoms with Crippen molar-refractivity contribution < 1.29 is 32.9 Å². The number of amides is 1. The van der Waals surface area contributed by atoms with Crippen molar-refractivity contribution in [3.05, 3.63) is 48.6 Å². The molecule has 74 heavy (non-hydrogen) atoms. The summed E-state index contributed by atoms with van der Waals surface area (Å²) in [4.78, 5) is 23.4. The number of carbonyl (C=O) groups is 1. The van der Waals surface area contributed by atoms with Gasteiger partial charge >= 0.3 is 7.82 Å². The number of phosphoric ester groups is 1. The fourth-order valence-corrected chi connectivity index (χ4v) is 10.4. The molecule has 0 aliphatic carbocycles. The summed E-state index contributed by atoms with van der Waals surface area (Å²) in [6.07, 6.45) is 74.8. The molecule has 436 valence electrons. The third-order valence-electron chi connectivity index (χ3n) is 14.6. The SMILES string of the molecule is CC/C=C\C/C=C\C/C=C\C/C=C\CCCCCCCCCCC(=O)NC(COP(=O)(O)OCC[N+](C)(C)C)C(O)CCCCCCCCCCCCCCCCCCCCCCCCCCCCCCCCC. The van der Waals surface area contributed by atoms with Crippen LogP contribution in [0.2, 0.25) is 0 Å². The van der Waals surface area contributed by atoms with E-state index < -0.39 is 20.0 Å². The van der Waals surface area contributed by atoms with E-state index in [2.05, 4.69) is 67.8 Å². The Bertz CT molecular complexity index is 1340. The fourth-order valence-electron chi connectivity index (χ4n) is 9.63. The van der Waals surface area contributed by atoms with Gasteiger partial charge in [-0.1, -0.05) is 300 Å². The van der Waals surface area contributed by atoms with Crippen molar-refractivity contribution >= 4 is 13.7 Å². The van der Waals surface area contributed by atoms with E-state index in [-0.39, 0.29) is 19.1 Å². The van der Waals surface area contributed by atoms with E-state index in [1.807, 2.05) is 21.1 Å². The molecule has 0 aromatic heterocycles. The third-order valence-corrected chi connectivity index (χ3v) is 15.6. The summed E-state index contributed by atoms with van der Waals surface area (Å²) >= 11 is 0. The Kier molecular flexibility index (Phi) is 55.0. The highest BCUT2D eigenvalue weighted by molar-refractivity contribution is 7.47. The number of quaternary nitrogens is 1. The molecule has 0 aliphatic heterocycles. The highest BCUT2D eigenvalue weighted by Crippen LogP contribution is 2.43. The predicted molar refractivity (Wildman–Crippen MR) is 323 cm³/mol. The van der Waals surface area contributed by atoms with Crippen LogP contribution in [-0.2, 0) is 18.4 Å². The van der Waals surface area contributed by atoms with Crippen LogP contribution in [0, 0.1) is 0 Å². The van der Waals surface area contributed by atoms with Crippen molar-refractivity contribution in [3.63, 3.8) is 0 Å². The Hall–Kier alpha value is -1.54. The molecule has 0 rings (SSSR count). The number of aliphatic hydroxyl groups excluding tert-OH is 1. The molecule has 0 bridgehead atoms. The number of likely N-dealkylation sites (N-methyl/N-ethyl adjacent to an activating group) is 1. The van der Waals surface area contributed by atoms with E-state index in [0.717, 1.165) is 70.6 Å². The molecular weight excluding hydrogens is 936 g/mol. The number of carbonyl (C=O) groups excluding carboxylic acids is 1. The van der Waals surface area contributed by atoms with Gasteiger partial charge in [-0.3, -0.25) is 13.8 Å². The van der Waals surface area contributed by atoms with E-state index >= 15 is 0 Å². The standard InChI is InChI=1S/C65H125N2O6P/c1-6-8-10-12-14-16-18-20-22-24-26-28-29-30-31-32-33-34-35-36-37-39-40-42-44-46-48-50-52-54-56-58-64(68)63(62-73-74(70,71)72-61-60-67(3,4)5)66-65(69)59-57-55-53-51-49-47-45-43-41-38-27-25-23-21-19-17-15-13-11-9-7-2/h9,11,15,17,21,23,27,38,63-64,68H,6-8,10,12-14,16,18-20,22,24-26,28-37,39-62H2,1-5H3,(H-,66,69,70,71)/p+1/b11-9-,17-15-,23-21-,38-27-. The van der Waals surface area contributed by atoms with Gasteiger partial charge in [0.05, 0.1) is 39.9 Å². The van der Waals surface area contributed by atoms with Crippen LogP contribution < -0.4 is 5.32 Å². The fraction of sp³-hybridized carbons (Fsp3) is 0.862. The van der Waals surface area contributed by atoms with Gasteiger partial charge in [0.1, 0.15) is 13.2 Å². The maximum absolute atomic E-state index is 13.0. The van der Waals surface area contributed by atoms with Crippen LogP contribution in [0.1, 0.15) is 309 Å². The first-order valence-electron chi connectivity index (χ1n) is 32.0. The zero-order valence-corrected chi connectivity index (χ0v) is 50.7. The number of phosphoric acid groups is 1. The van der Waals surface area contributed by atoms with Crippen LogP contribution >= 0.6 is 7.82 Å². The van der Waals surface area contributed by atoms with Gasteiger partial charge in [0.2, 0.25) is 5.91 Å². The number of hydrogen-bond donors (Lipinski definition) is 3. The number of allylic oxidation sites excluding steroid dienone is 8. The van der Waals surface area contributed by atoms with Gasteiger partial charge in [-0.25, -0.2) is 4.57 Å². The highest BCUT2D eigenvalue weighted by Gasteiger charge is 2.28. The van der Waals surface area contributed by atoms with Gasteiger partial charge in [0.15, 0.2) is 0 Å². The smallest absolute Gasteiger partial charge is 0.391 e. The van der Waals surface area contributed by atoms with Gasteiger partial charge in [-0.05, 0) is 51.4 Å². The van der Waals surface area contributed by atoms with Crippen molar-refractivity contribution in [2.45, 2.75) is 321 Å². The second kappa shape index (κ2) is 56.2. The van der Waals surface area contributed by atoms with Gasteiger partial charge in [0.25, 0.3) is 0 Å². The van der Waals surface area contributed by atoms with E-state index in [4.69, 9.17) is 9.05 Å². The molecule has 0 radical (unpaired) electrons. The highest BCUT2D eigenvalue weighted by atomic mass is 31.2. The van der Waals surface area contributed by atoms with Crippen molar-refractivity contribution in [1.29, 1.82) is 0 Å². The first-order valence-corrected chi connectivity index (χ1v) is 33.5.